The molecule has 0 bridgehead atoms. The Balaban J connectivity index is 0.00000512. The van der Waals surface area contributed by atoms with Crippen LogP contribution in [0.4, 0.5) is 0 Å². The lowest BCUT2D eigenvalue weighted by Crippen LogP contribution is -2.63. The van der Waals surface area contributed by atoms with Crippen LogP contribution in [-0.2, 0) is 28.7 Å². The molecular formula is C20H33ClN4O7. The number of methoxy groups -OCH3 is 1. The fourth-order valence-corrected chi connectivity index (χ4v) is 4.27. The van der Waals surface area contributed by atoms with Crippen molar-refractivity contribution in [2.24, 2.45) is 23.5 Å². The topological polar surface area (TPSA) is 159 Å². The third-order valence-electron chi connectivity index (χ3n) is 6.17. The molecule has 0 spiro atoms. The van der Waals surface area contributed by atoms with Gasteiger partial charge in [0.2, 0.25) is 17.7 Å². The van der Waals surface area contributed by atoms with E-state index in [2.05, 4.69) is 5.32 Å². The standard InChI is InChI=1S/C20H32N4O7.ClH/c1-12(20(30)31-2)17-19(29)23(11-16(26)27)7-8-24(17)15(25)10-22-18(28)14-5-3-13(9-21)4-6-14;/h12-14,17H,3-11,21H2,1-2H3,(H,22,28)(H,26,27);1H/t12?,13?,14?,17-;/m0./s1. The van der Waals surface area contributed by atoms with Gasteiger partial charge in [-0.15, -0.1) is 12.4 Å². The average molecular weight is 477 g/mol. The van der Waals surface area contributed by atoms with Crippen LogP contribution in [0, 0.1) is 17.8 Å². The van der Waals surface area contributed by atoms with E-state index in [1.54, 1.807) is 0 Å². The second-order valence-corrected chi connectivity index (χ2v) is 8.17. The van der Waals surface area contributed by atoms with Gasteiger partial charge in [-0.3, -0.25) is 24.0 Å². The molecule has 1 saturated carbocycles. The Morgan fingerprint density at radius 3 is 2.34 bits per heavy atom. The zero-order valence-corrected chi connectivity index (χ0v) is 19.3. The van der Waals surface area contributed by atoms with Crippen molar-refractivity contribution in [3.05, 3.63) is 0 Å². The van der Waals surface area contributed by atoms with Gasteiger partial charge >= 0.3 is 11.9 Å². The Labute approximate surface area is 193 Å². The van der Waals surface area contributed by atoms with Gasteiger partial charge in [0.05, 0.1) is 19.6 Å². The number of carboxylic acid groups (broad SMARTS) is 1. The minimum absolute atomic E-state index is 0. The number of carbonyl (C=O) groups excluding carboxylic acids is 4. The number of aliphatic carboxylic acids is 1. The van der Waals surface area contributed by atoms with Gasteiger partial charge in [-0.05, 0) is 45.1 Å². The molecule has 1 heterocycles. The minimum Gasteiger partial charge on any atom is -0.480 e. The normalized spacial score (nSPS) is 24.2. The van der Waals surface area contributed by atoms with Gasteiger partial charge in [0, 0.05) is 19.0 Å². The lowest BCUT2D eigenvalue weighted by atomic mass is 9.81. The number of rotatable bonds is 8. The van der Waals surface area contributed by atoms with Crippen molar-refractivity contribution in [2.45, 2.75) is 38.6 Å². The number of hydrogen-bond donors (Lipinski definition) is 3. The SMILES string of the molecule is COC(=O)C(C)[C@H]1C(=O)N(CC(=O)O)CCN1C(=O)CNC(=O)C1CCC(CN)CC1.Cl. The maximum absolute atomic E-state index is 12.8. The number of nitrogens with one attached hydrogen (secondary N) is 1. The Morgan fingerprint density at radius 2 is 1.81 bits per heavy atom. The molecule has 2 aliphatic rings. The Morgan fingerprint density at radius 1 is 1.19 bits per heavy atom. The van der Waals surface area contributed by atoms with Crippen molar-refractivity contribution in [3.8, 4) is 0 Å². The molecule has 1 unspecified atom stereocenters. The van der Waals surface area contributed by atoms with Crippen molar-refractivity contribution in [3.63, 3.8) is 0 Å². The molecule has 11 nitrogen and oxygen atoms in total. The molecule has 1 saturated heterocycles. The van der Waals surface area contributed by atoms with Crippen LogP contribution in [0.2, 0.25) is 0 Å². The molecule has 0 aromatic carbocycles. The lowest BCUT2D eigenvalue weighted by Gasteiger charge is -2.41. The maximum Gasteiger partial charge on any atom is 0.323 e. The molecule has 32 heavy (non-hydrogen) atoms. The maximum atomic E-state index is 12.8. The van der Waals surface area contributed by atoms with Gasteiger partial charge in [-0.25, -0.2) is 0 Å². The van der Waals surface area contributed by atoms with Gasteiger partial charge in [0.25, 0.3) is 0 Å². The molecule has 1 aliphatic carbocycles. The van der Waals surface area contributed by atoms with Gasteiger partial charge in [0.1, 0.15) is 12.6 Å². The number of hydrogen-bond acceptors (Lipinski definition) is 7. The molecule has 4 N–H and O–H groups in total. The monoisotopic (exact) mass is 476 g/mol. The number of nitrogens with zero attached hydrogens (tertiary/aromatic N) is 2. The van der Waals surface area contributed by atoms with Crippen LogP contribution in [0.15, 0.2) is 0 Å². The molecule has 2 rings (SSSR count). The molecule has 0 aromatic heterocycles. The summed E-state index contributed by atoms with van der Waals surface area (Å²) in [6.07, 6.45) is 3.19. The van der Waals surface area contributed by atoms with E-state index in [-0.39, 0.29) is 43.9 Å². The molecule has 182 valence electrons. The number of piperazine rings is 1. The van der Waals surface area contributed by atoms with Crippen LogP contribution in [-0.4, -0.2) is 90.4 Å². The second kappa shape index (κ2) is 12.6. The molecule has 2 fully saturated rings. The zero-order chi connectivity index (χ0) is 23.1. The van der Waals surface area contributed by atoms with E-state index in [9.17, 15) is 24.0 Å². The fraction of sp³-hybridized carbons (Fsp3) is 0.750. The zero-order valence-electron chi connectivity index (χ0n) is 18.5. The Bertz CT molecular complexity index is 712. The molecule has 12 heteroatoms. The van der Waals surface area contributed by atoms with Crippen LogP contribution in [0.3, 0.4) is 0 Å². The number of halogens is 1. The minimum atomic E-state index is -1.19. The largest absolute Gasteiger partial charge is 0.480 e. The first-order valence-corrected chi connectivity index (χ1v) is 10.5. The summed E-state index contributed by atoms with van der Waals surface area (Å²) in [4.78, 5) is 63.6. The van der Waals surface area contributed by atoms with Crippen LogP contribution in [0.25, 0.3) is 0 Å². The van der Waals surface area contributed by atoms with Gasteiger partial charge in [-0.1, -0.05) is 0 Å². The van der Waals surface area contributed by atoms with Crippen LogP contribution in [0.5, 0.6) is 0 Å². The first-order chi connectivity index (χ1) is 14.7. The number of ether oxygens (including phenoxy) is 1. The summed E-state index contributed by atoms with van der Waals surface area (Å²) < 4.78 is 4.71. The molecule has 3 amide bonds. The van der Waals surface area contributed by atoms with E-state index in [4.69, 9.17) is 15.6 Å². The van der Waals surface area contributed by atoms with E-state index in [1.807, 2.05) is 0 Å². The second-order valence-electron chi connectivity index (χ2n) is 8.17. The molecule has 2 atom stereocenters. The van der Waals surface area contributed by atoms with Gasteiger partial charge in [0.15, 0.2) is 0 Å². The number of nitrogens with two attached hydrogens (primary N) is 1. The third-order valence-corrected chi connectivity index (χ3v) is 6.17. The smallest absolute Gasteiger partial charge is 0.323 e. The van der Waals surface area contributed by atoms with Crippen molar-refractivity contribution < 1.29 is 33.8 Å². The number of esters is 1. The number of carbonyl (C=O) groups is 5. The highest BCUT2D eigenvalue weighted by Crippen LogP contribution is 2.28. The van der Waals surface area contributed by atoms with Crippen molar-refractivity contribution in [1.82, 2.24) is 15.1 Å². The molecule has 1 aliphatic heterocycles. The van der Waals surface area contributed by atoms with E-state index < -0.39 is 42.3 Å². The quantitative estimate of drug-likeness (QED) is 0.385. The van der Waals surface area contributed by atoms with Crippen molar-refractivity contribution in [1.29, 1.82) is 0 Å². The molecular weight excluding hydrogens is 444 g/mol. The summed E-state index contributed by atoms with van der Waals surface area (Å²) in [5.74, 6) is -3.95. The predicted octanol–water partition coefficient (Wildman–Crippen LogP) is -0.777. The predicted molar refractivity (Wildman–Crippen MR) is 116 cm³/mol. The highest BCUT2D eigenvalue weighted by atomic mass is 35.5. The average Bonchev–Trinajstić information content (AvgIpc) is 2.77. The van der Waals surface area contributed by atoms with Gasteiger partial charge < -0.3 is 30.7 Å². The summed E-state index contributed by atoms with van der Waals surface area (Å²) in [7, 11) is 1.17. The third kappa shape index (κ3) is 6.80. The summed E-state index contributed by atoms with van der Waals surface area (Å²) in [6.45, 7) is 1.32. The van der Waals surface area contributed by atoms with Crippen molar-refractivity contribution >= 4 is 42.1 Å². The highest BCUT2D eigenvalue weighted by molar-refractivity contribution is 5.95. The summed E-state index contributed by atoms with van der Waals surface area (Å²) in [6, 6.07) is -1.19. The lowest BCUT2D eigenvalue weighted by molar-refractivity contribution is -0.163. The number of carboxylic acids is 1. The summed E-state index contributed by atoms with van der Waals surface area (Å²) >= 11 is 0. The van der Waals surface area contributed by atoms with Gasteiger partial charge in [-0.2, -0.15) is 0 Å². The van der Waals surface area contributed by atoms with Crippen LogP contribution in [0.1, 0.15) is 32.6 Å². The van der Waals surface area contributed by atoms with E-state index >= 15 is 0 Å². The Hall–Kier alpha value is -2.40. The molecule has 0 radical (unpaired) electrons. The van der Waals surface area contributed by atoms with Crippen LogP contribution < -0.4 is 11.1 Å². The Kier molecular flexibility index (Phi) is 10.9. The fourth-order valence-electron chi connectivity index (χ4n) is 4.27. The van der Waals surface area contributed by atoms with Crippen LogP contribution >= 0.6 is 12.4 Å². The summed E-state index contributed by atoms with van der Waals surface area (Å²) in [5, 5.41) is 11.7. The first-order valence-electron chi connectivity index (χ1n) is 10.5. The number of amides is 3. The summed E-state index contributed by atoms with van der Waals surface area (Å²) in [5.41, 5.74) is 5.67. The van der Waals surface area contributed by atoms with E-state index in [0.29, 0.717) is 12.5 Å². The highest BCUT2D eigenvalue weighted by Gasteiger charge is 2.44. The first kappa shape index (κ1) is 27.6. The van der Waals surface area contributed by atoms with Crippen molar-refractivity contribution in [2.75, 3.05) is 39.8 Å². The van der Waals surface area contributed by atoms with E-state index in [0.717, 1.165) is 30.6 Å². The molecule has 0 aromatic rings. The van der Waals surface area contributed by atoms with E-state index in [1.165, 1.54) is 18.9 Å².